The lowest BCUT2D eigenvalue weighted by Gasteiger charge is -2.22. The zero-order chi connectivity index (χ0) is 17.1. The summed E-state index contributed by atoms with van der Waals surface area (Å²) in [6.45, 7) is 4.36. The minimum absolute atomic E-state index is 0.0184. The van der Waals surface area contributed by atoms with E-state index in [0.29, 0.717) is 17.0 Å². The van der Waals surface area contributed by atoms with Gasteiger partial charge in [0.2, 0.25) is 0 Å². The van der Waals surface area contributed by atoms with Gasteiger partial charge >= 0.3 is 5.97 Å². The number of benzene rings is 1. The van der Waals surface area contributed by atoms with Gasteiger partial charge in [0.15, 0.2) is 5.78 Å². The van der Waals surface area contributed by atoms with Gasteiger partial charge in [0, 0.05) is 18.1 Å². The minimum atomic E-state index is -1.66. The van der Waals surface area contributed by atoms with Crippen LogP contribution in [0.3, 0.4) is 0 Å². The fraction of sp³-hybridized carbons (Fsp3) is 0.500. The third kappa shape index (κ3) is 4.06. The number of aliphatic hydroxyl groups is 2. The molecule has 3 N–H and O–H groups in total. The molecule has 0 spiro atoms. The van der Waals surface area contributed by atoms with E-state index in [4.69, 9.17) is 21.8 Å². The average Bonchev–Trinajstić information content (AvgIpc) is 2.42. The Kier molecular flexibility index (Phi) is 6.11. The molecule has 0 aliphatic rings. The molecule has 0 aliphatic carbocycles. The smallest absolute Gasteiger partial charge is 0.316 e. The van der Waals surface area contributed by atoms with Crippen molar-refractivity contribution < 1.29 is 24.9 Å². The molecule has 1 aromatic carbocycles. The van der Waals surface area contributed by atoms with Crippen LogP contribution in [0, 0.1) is 12.3 Å². The van der Waals surface area contributed by atoms with Crippen molar-refractivity contribution in [2.24, 2.45) is 5.41 Å². The number of carbonyl (C=O) groups excluding carboxylic acids is 1. The molecule has 6 heteroatoms. The van der Waals surface area contributed by atoms with Crippen LogP contribution in [0.1, 0.15) is 30.5 Å². The van der Waals surface area contributed by atoms with Crippen molar-refractivity contribution in [3.63, 3.8) is 0 Å². The Bertz CT molecular complexity index is 580. The molecule has 22 heavy (non-hydrogen) atoms. The molecule has 1 atom stereocenters. The van der Waals surface area contributed by atoms with E-state index in [9.17, 15) is 14.7 Å². The molecule has 0 amide bonds. The van der Waals surface area contributed by atoms with E-state index >= 15 is 0 Å². The predicted octanol–water partition coefficient (Wildman–Crippen LogP) is 1.77. The number of carboxylic acid groups (broad SMARTS) is 1. The van der Waals surface area contributed by atoms with E-state index in [0.717, 1.165) is 11.1 Å². The highest BCUT2D eigenvalue weighted by molar-refractivity contribution is 6.31. The SMILES string of the molecule is Cc1cc(Cl)c(CC(O)C(=O)C(C)(C)C(=O)O)cc1CCO. The van der Waals surface area contributed by atoms with E-state index in [1.807, 2.05) is 6.92 Å². The number of hydrogen-bond donors (Lipinski definition) is 3. The van der Waals surface area contributed by atoms with Gasteiger partial charge in [0.05, 0.1) is 0 Å². The second-order valence-electron chi connectivity index (χ2n) is 5.86. The number of carboxylic acids is 1. The van der Waals surface area contributed by atoms with E-state index < -0.39 is 23.3 Å². The lowest BCUT2D eigenvalue weighted by atomic mass is 9.83. The minimum Gasteiger partial charge on any atom is -0.481 e. The zero-order valence-electron chi connectivity index (χ0n) is 12.9. The van der Waals surface area contributed by atoms with Gasteiger partial charge in [0.25, 0.3) is 0 Å². The number of rotatable bonds is 7. The molecule has 1 aromatic rings. The van der Waals surface area contributed by atoms with Crippen LogP contribution in [0.5, 0.6) is 0 Å². The molecule has 0 aliphatic heterocycles. The molecule has 0 heterocycles. The molecule has 0 radical (unpaired) electrons. The van der Waals surface area contributed by atoms with Gasteiger partial charge in [0.1, 0.15) is 11.5 Å². The van der Waals surface area contributed by atoms with Crippen LogP contribution in [-0.2, 0) is 22.4 Å². The van der Waals surface area contributed by atoms with Gasteiger partial charge in [-0.2, -0.15) is 0 Å². The second-order valence-corrected chi connectivity index (χ2v) is 6.27. The van der Waals surface area contributed by atoms with Crippen molar-refractivity contribution in [3.05, 3.63) is 33.8 Å². The van der Waals surface area contributed by atoms with Gasteiger partial charge in [-0.3, -0.25) is 9.59 Å². The molecule has 0 saturated heterocycles. The quantitative estimate of drug-likeness (QED) is 0.663. The summed E-state index contributed by atoms with van der Waals surface area (Å²) < 4.78 is 0. The molecule has 0 fully saturated rings. The zero-order valence-corrected chi connectivity index (χ0v) is 13.6. The number of aryl methyl sites for hydroxylation is 1. The third-order valence-corrected chi connectivity index (χ3v) is 4.10. The standard InChI is InChI=1S/C16H21ClO5/c1-9-6-12(17)11(7-10(9)4-5-18)8-13(19)14(20)16(2,3)15(21)22/h6-7,13,18-19H,4-5,8H2,1-3H3,(H,21,22). The normalized spacial score (nSPS) is 13.0. The number of aliphatic hydroxyl groups excluding tert-OH is 2. The number of ketones is 1. The lowest BCUT2D eigenvalue weighted by Crippen LogP contribution is -2.41. The van der Waals surface area contributed by atoms with Crippen molar-refractivity contribution >= 4 is 23.4 Å². The van der Waals surface area contributed by atoms with Gasteiger partial charge in [-0.1, -0.05) is 17.7 Å². The lowest BCUT2D eigenvalue weighted by molar-refractivity contribution is -0.155. The fourth-order valence-corrected chi connectivity index (χ4v) is 2.43. The Labute approximate surface area is 134 Å². The van der Waals surface area contributed by atoms with E-state index in [2.05, 4.69) is 0 Å². The Morgan fingerprint density at radius 3 is 2.36 bits per heavy atom. The number of Topliss-reactive ketones (excluding diaryl/α,β-unsaturated/α-hetero) is 1. The van der Waals surface area contributed by atoms with Crippen molar-refractivity contribution in [3.8, 4) is 0 Å². The Morgan fingerprint density at radius 2 is 1.86 bits per heavy atom. The van der Waals surface area contributed by atoms with Crippen LogP contribution in [0.2, 0.25) is 5.02 Å². The first-order valence-electron chi connectivity index (χ1n) is 6.95. The molecule has 0 aromatic heterocycles. The topological polar surface area (TPSA) is 94.8 Å². The van der Waals surface area contributed by atoms with Crippen LogP contribution in [-0.4, -0.2) is 39.8 Å². The summed E-state index contributed by atoms with van der Waals surface area (Å²) in [5.41, 5.74) is 0.677. The maximum atomic E-state index is 12.1. The summed E-state index contributed by atoms with van der Waals surface area (Å²) in [4.78, 5) is 23.2. The third-order valence-electron chi connectivity index (χ3n) is 3.75. The monoisotopic (exact) mass is 328 g/mol. The van der Waals surface area contributed by atoms with E-state index in [1.54, 1.807) is 12.1 Å². The number of aliphatic carboxylic acids is 1. The van der Waals surface area contributed by atoms with Crippen LogP contribution < -0.4 is 0 Å². The molecule has 122 valence electrons. The van der Waals surface area contributed by atoms with Crippen LogP contribution in [0.4, 0.5) is 0 Å². The van der Waals surface area contributed by atoms with Gasteiger partial charge < -0.3 is 15.3 Å². The largest absolute Gasteiger partial charge is 0.481 e. The maximum absolute atomic E-state index is 12.1. The van der Waals surface area contributed by atoms with Crippen LogP contribution >= 0.6 is 11.6 Å². The molecule has 0 saturated carbocycles. The number of hydrogen-bond acceptors (Lipinski definition) is 4. The first kappa shape index (κ1) is 18.6. The molecule has 0 bridgehead atoms. The molecular weight excluding hydrogens is 308 g/mol. The van der Waals surface area contributed by atoms with Gasteiger partial charge in [-0.25, -0.2) is 0 Å². The summed E-state index contributed by atoms with van der Waals surface area (Å²) in [5.74, 6) is -2.05. The molecular formula is C16H21ClO5. The van der Waals surface area contributed by atoms with Crippen molar-refractivity contribution in [2.45, 2.75) is 39.7 Å². The van der Waals surface area contributed by atoms with E-state index in [1.165, 1.54) is 13.8 Å². The first-order valence-corrected chi connectivity index (χ1v) is 7.33. The highest BCUT2D eigenvalue weighted by atomic mass is 35.5. The average molecular weight is 329 g/mol. The fourth-order valence-electron chi connectivity index (χ4n) is 2.14. The maximum Gasteiger partial charge on any atom is 0.316 e. The van der Waals surface area contributed by atoms with Gasteiger partial charge in [-0.15, -0.1) is 0 Å². The summed E-state index contributed by atoms with van der Waals surface area (Å²) in [6.07, 6.45) is -1.07. The van der Waals surface area contributed by atoms with Crippen LogP contribution in [0.15, 0.2) is 12.1 Å². The van der Waals surface area contributed by atoms with E-state index in [-0.39, 0.29) is 13.0 Å². The summed E-state index contributed by atoms with van der Waals surface area (Å²) in [6, 6.07) is 3.44. The molecule has 1 rings (SSSR count). The molecule has 1 unspecified atom stereocenters. The predicted molar refractivity (Wildman–Crippen MR) is 83.1 cm³/mol. The number of carbonyl (C=O) groups is 2. The molecule has 5 nitrogen and oxygen atoms in total. The highest BCUT2D eigenvalue weighted by Gasteiger charge is 2.39. The van der Waals surface area contributed by atoms with Crippen molar-refractivity contribution in [2.75, 3.05) is 6.61 Å². The second kappa shape index (κ2) is 7.22. The summed E-state index contributed by atoms with van der Waals surface area (Å²) in [7, 11) is 0. The van der Waals surface area contributed by atoms with Gasteiger partial charge in [-0.05, 0) is 49.9 Å². The Hall–Kier alpha value is -1.43. The Morgan fingerprint density at radius 1 is 1.27 bits per heavy atom. The first-order chi connectivity index (χ1) is 10.1. The van der Waals surface area contributed by atoms with Crippen molar-refractivity contribution in [1.82, 2.24) is 0 Å². The van der Waals surface area contributed by atoms with Crippen molar-refractivity contribution in [1.29, 1.82) is 0 Å². The summed E-state index contributed by atoms with van der Waals surface area (Å²) >= 11 is 6.13. The number of halogens is 1. The summed E-state index contributed by atoms with van der Waals surface area (Å²) in [5, 5.41) is 28.5. The Balaban J connectivity index is 3.02. The van der Waals surface area contributed by atoms with Crippen LogP contribution in [0.25, 0.3) is 0 Å². The highest BCUT2D eigenvalue weighted by Crippen LogP contribution is 2.26.